The van der Waals surface area contributed by atoms with E-state index < -0.39 is 0 Å². The van der Waals surface area contributed by atoms with Crippen molar-refractivity contribution in [3.05, 3.63) is 46.2 Å². The Bertz CT molecular complexity index is 1290. The molecule has 0 saturated heterocycles. The van der Waals surface area contributed by atoms with Crippen molar-refractivity contribution in [2.24, 2.45) is 0 Å². The standard InChI is InChI=1S/C42H62N2S2/c1-5-7-9-11-13-15-17-19-21-23-25-43-37-29-35-27-33(3)45-41(35)31-39(37)44(26-24-22-20-18-16-14-12-10-8-6-2)40-32-42-36(30-38(40)43)28-34(4)46-42/h27-32H,5-26H2,1-4H3. The van der Waals surface area contributed by atoms with Gasteiger partial charge in [0, 0.05) is 32.2 Å². The summed E-state index contributed by atoms with van der Waals surface area (Å²) in [4.78, 5) is 8.22. The zero-order chi connectivity index (χ0) is 32.1. The Morgan fingerprint density at radius 3 is 1.04 bits per heavy atom. The number of nitrogens with zero attached hydrogens (tertiary/aromatic N) is 2. The third-order valence-electron chi connectivity index (χ3n) is 10.1. The molecule has 0 bridgehead atoms. The van der Waals surface area contributed by atoms with Crippen molar-refractivity contribution in [3.63, 3.8) is 0 Å². The molecule has 5 rings (SSSR count). The van der Waals surface area contributed by atoms with Crippen LogP contribution in [0.4, 0.5) is 22.7 Å². The summed E-state index contributed by atoms with van der Waals surface area (Å²) in [7, 11) is 0. The Morgan fingerprint density at radius 2 is 0.696 bits per heavy atom. The summed E-state index contributed by atoms with van der Waals surface area (Å²) in [5, 5.41) is 2.81. The predicted octanol–water partition coefficient (Wildman–Crippen LogP) is 15.2. The first kappa shape index (κ1) is 35.3. The Hall–Kier alpha value is -2.04. The molecule has 0 atom stereocenters. The van der Waals surface area contributed by atoms with Crippen LogP contribution in [0.15, 0.2) is 36.4 Å². The molecular weight excluding hydrogens is 597 g/mol. The van der Waals surface area contributed by atoms with Gasteiger partial charge in [-0.25, -0.2) is 0 Å². The molecule has 0 amide bonds. The maximum atomic E-state index is 2.70. The Morgan fingerprint density at radius 1 is 0.391 bits per heavy atom. The van der Waals surface area contributed by atoms with E-state index in [4.69, 9.17) is 0 Å². The number of anilines is 4. The molecule has 2 aromatic carbocycles. The van der Waals surface area contributed by atoms with Crippen molar-refractivity contribution in [1.82, 2.24) is 0 Å². The minimum atomic E-state index is 1.10. The van der Waals surface area contributed by atoms with Crippen molar-refractivity contribution in [2.75, 3.05) is 22.9 Å². The lowest BCUT2D eigenvalue weighted by Gasteiger charge is -2.41. The maximum Gasteiger partial charge on any atom is 0.0667 e. The predicted molar refractivity (Wildman–Crippen MR) is 211 cm³/mol. The largest absolute Gasteiger partial charge is 0.338 e. The monoisotopic (exact) mass is 658 g/mol. The van der Waals surface area contributed by atoms with Crippen molar-refractivity contribution < 1.29 is 0 Å². The lowest BCUT2D eigenvalue weighted by molar-refractivity contribution is 0.556. The van der Waals surface area contributed by atoms with Gasteiger partial charge >= 0.3 is 0 Å². The lowest BCUT2D eigenvalue weighted by atomic mass is 10.0. The highest BCUT2D eigenvalue weighted by molar-refractivity contribution is 7.19. The van der Waals surface area contributed by atoms with Crippen LogP contribution >= 0.6 is 22.7 Å². The molecule has 4 heteroatoms. The molecule has 2 aromatic heterocycles. The second-order valence-electron chi connectivity index (χ2n) is 14.1. The summed E-state index contributed by atoms with van der Waals surface area (Å²) < 4.78 is 2.86. The SMILES string of the molecule is CCCCCCCCCCCCN1c2cc3cc(C)sc3cc2N(CCCCCCCCCCCC)c2cc3sc(C)cc3cc21. The van der Waals surface area contributed by atoms with Gasteiger partial charge in [-0.3, -0.25) is 0 Å². The molecule has 0 unspecified atom stereocenters. The molecule has 46 heavy (non-hydrogen) atoms. The van der Waals surface area contributed by atoms with Crippen LogP contribution in [0.2, 0.25) is 0 Å². The Labute approximate surface area is 289 Å². The molecule has 1 aliphatic heterocycles. The Balaban J connectivity index is 1.29. The molecule has 0 fully saturated rings. The highest BCUT2D eigenvalue weighted by atomic mass is 32.1. The molecule has 1 aliphatic rings. The van der Waals surface area contributed by atoms with E-state index in [1.165, 1.54) is 181 Å². The molecule has 252 valence electrons. The maximum absolute atomic E-state index is 2.70. The van der Waals surface area contributed by atoms with Crippen molar-refractivity contribution in [3.8, 4) is 0 Å². The minimum absolute atomic E-state index is 1.10. The average Bonchev–Trinajstić information content (AvgIpc) is 3.60. The fraction of sp³-hybridized carbons (Fsp3) is 0.619. The summed E-state index contributed by atoms with van der Waals surface area (Å²) in [5.41, 5.74) is 5.70. The van der Waals surface area contributed by atoms with Crippen LogP contribution in [0.5, 0.6) is 0 Å². The third-order valence-corrected chi connectivity index (χ3v) is 12.1. The zero-order valence-electron chi connectivity index (χ0n) is 29.7. The zero-order valence-corrected chi connectivity index (χ0v) is 31.4. The van der Waals surface area contributed by atoms with Crippen LogP contribution in [0, 0.1) is 13.8 Å². The van der Waals surface area contributed by atoms with Crippen LogP contribution < -0.4 is 9.80 Å². The number of aryl methyl sites for hydroxylation is 2. The molecule has 0 radical (unpaired) electrons. The number of unbranched alkanes of at least 4 members (excludes halogenated alkanes) is 18. The summed E-state index contributed by atoms with van der Waals surface area (Å²) in [6.07, 6.45) is 27.6. The topological polar surface area (TPSA) is 6.48 Å². The summed E-state index contributed by atoms with van der Waals surface area (Å²) in [6, 6.07) is 14.9. The fourth-order valence-electron chi connectivity index (χ4n) is 7.51. The van der Waals surface area contributed by atoms with E-state index in [9.17, 15) is 0 Å². The van der Waals surface area contributed by atoms with Gasteiger partial charge < -0.3 is 9.80 Å². The van der Waals surface area contributed by atoms with Crippen molar-refractivity contribution in [1.29, 1.82) is 0 Å². The third kappa shape index (κ3) is 9.53. The number of hydrogen-bond acceptors (Lipinski definition) is 4. The van der Waals surface area contributed by atoms with Gasteiger partial charge in [-0.15, -0.1) is 22.7 Å². The van der Waals surface area contributed by atoms with Gasteiger partial charge in [0.2, 0.25) is 0 Å². The van der Waals surface area contributed by atoms with E-state index in [2.05, 4.69) is 73.9 Å². The number of thiophene rings is 2. The summed E-state index contributed by atoms with van der Waals surface area (Å²) in [5.74, 6) is 0. The lowest BCUT2D eigenvalue weighted by Crippen LogP contribution is -2.31. The molecule has 2 nitrogen and oxygen atoms in total. The second kappa shape index (κ2) is 18.5. The smallest absolute Gasteiger partial charge is 0.0667 e. The van der Waals surface area contributed by atoms with Crippen molar-refractivity contribution >= 4 is 65.6 Å². The summed E-state index contributed by atoms with van der Waals surface area (Å²) in [6.45, 7) is 11.4. The molecule has 0 aliphatic carbocycles. The number of rotatable bonds is 22. The molecular formula is C42H62N2S2. The van der Waals surface area contributed by atoms with E-state index in [1.807, 2.05) is 22.7 Å². The van der Waals surface area contributed by atoms with Gasteiger partial charge in [0.05, 0.1) is 22.7 Å². The highest BCUT2D eigenvalue weighted by Gasteiger charge is 2.29. The molecule has 0 N–H and O–H groups in total. The molecule has 0 saturated carbocycles. The van der Waals surface area contributed by atoms with Crippen LogP contribution in [-0.2, 0) is 0 Å². The first-order valence-corrected chi connectivity index (χ1v) is 20.9. The molecule has 0 spiro atoms. The number of benzene rings is 2. The number of fused-ring (bicyclic) bond motifs is 4. The van der Waals surface area contributed by atoms with E-state index >= 15 is 0 Å². The van der Waals surface area contributed by atoms with E-state index in [0.29, 0.717) is 0 Å². The van der Waals surface area contributed by atoms with E-state index in [0.717, 1.165) is 13.1 Å². The first-order chi connectivity index (χ1) is 22.6. The molecule has 3 heterocycles. The Kier molecular flexibility index (Phi) is 14.2. The van der Waals surface area contributed by atoms with Gasteiger partial charge in [-0.2, -0.15) is 0 Å². The summed E-state index contributed by atoms with van der Waals surface area (Å²) >= 11 is 3.90. The van der Waals surface area contributed by atoms with Gasteiger partial charge in [0.25, 0.3) is 0 Å². The van der Waals surface area contributed by atoms with Crippen molar-refractivity contribution in [2.45, 2.75) is 156 Å². The van der Waals surface area contributed by atoms with Gasteiger partial charge in [0.15, 0.2) is 0 Å². The van der Waals surface area contributed by atoms with E-state index in [-0.39, 0.29) is 0 Å². The second-order valence-corrected chi connectivity index (χ2v) is 16.7. The fourth-order valence-corrected chi connectivity index (χ4v) is 9.39. The van der Waals surface area contributed by atoms with Gasteiger partial charge in [-0.1, -0.05) is 129 Å². The quantitative estimate of drug-likeness (QED) is 0.0775. The van der Waals surface area contributed by atoms with Crippen LogP contribution in [0.3, 0.4) is 0 Å². The molecule has 4 aromatic rings. The average molecular weight is 659 g/mol. The van der Waals surface area contributed by atoms with Crippen LogP contribution in [0.1, 0.15) is 152 Å². The van der Waals surface area contributed by atoms with Gasteiger partial charge in [0.1, 0.15) is 0 Å². The van der Waals surface area contributed by atoms with Crippen LogP contribution in [-0.4, -0.2) is 13.1 Å². The highest BCUT2D eigenvalue weighted by Crippen LogP contribution is 2.52. The normalized spacial score (nSPS) is 12.9. The van der Waals surface area contributed by atoms with E-state index in [1.54, 1.807) is 0 Å². The van der Waals surface area contributed by atoms with Crippen LogP contribution in [0.25, 0.3) is 20.2 Å². The first-order valence-electron chi connectivity index (χ1n) is 19.2. The van der Waals surface area contributed by atoms with Gasteiger partial charge in [-0.05, 0) is 73.9 Å². The minimum Gasteiger partial charge on any atom is -0.338 e. The number of hydrogen-bond donors (Lipinski definition) is 0.